The summed E-state index contributed by atoms with van der Waals surface area (Å²) < 4.78 is 9.34. The van der Waals surface area contributed by atoms with Crippen LogP contribution in [0, 0.1) is 0 Å². The highest BCUT2D eigenvalue weighted by Crippen LogP contribution is 2.40. The SMILES string of the molecule is COc1cc2c(cc1-n1nc(NCCN(C)C)c3cnc(-c4cnn5cccnc45)cc31)SCC(=O)N2. The summed E-state index contributed by atoms with van der Waals surface area (Å²) in [5, 5.41) is 16.6. The van der Waals surface area contributed by atoms with Crippen LogP contribution in [0.25, 0.3) is 33.5 Å². The summed E-state index contributed by atoms with van der Waals surface area (Å²) in [6.45, 7) is 1.58. The third-order valence-corrected chi connectivity index (χ3v) is 7.17. The van der Waals surface area contributed by atoms with E-state index in [0.29, 0.717) is 11.5 Å². The molecule has 5 heterocycles. The van der Waals surface area contributed by atoms with Crippen LogP contribution in [0.15, 0.2) is 53.9 Å². The van der Waals surface area contributed by atoms with Crippen LogP contribution in [0.5, 0.6) is 5.75 Å². The second-order valence-corrected chi connectivity index (χ2v) is 9.90. The molecule has 188 valence electrons. The summed E-state index contributed by atoms with van der Waals surface area (Å²) in [6, 6.07) is 7.69. The van der Waals surface area contributed by atoms with Crippen LogP contribution in [-0.2, 0) is 4.79 Å². The fourth-order valence-corrected chi connectivity index (χ4v) is 5.12. The van der Waals surface area contributed by atoms with Gasteiger partial charge in [0.1, 0.15) is 11.4 Å². The van der Waals surface area contributed by atoms with E-state index >= 15 is 0 Å². The van der Waals surface area contributed by atoms with Crippen LogP contribution in [0.4, 0.5) is 11.5 Å². The van der Waals surface area contributed by atoms with Crippen molar-refractivity contribution >= 4 is 45.7 Å². The molecule has 1 aliphatic heterocycles. The smallest absolute Gasteiger partial charge is 0.234 e. The van der Waals surface area contributed by atoms with E-state index in [4.69, 9.17) is 14.8 Å². The van der Waals surface area contributed by atoms with Gasteiger partial charge in [-0.2, -0.15) is 5.10 Å². The van der Waals surface area contributed by atoms with Crippen LogP contribution in [0.1, 0.15) is 0 Å². The number of hydrogen-bond donors (Lipinski definition) is 2. The van der Waals surface area contributed by atoms with Gasteiger partial charge in [0.05, 0.1) is 46.9 Å². The molecule has 0 aliphatic carbocycles. The number of carbonyl (C=O) groups excluding carboxylic acids is 1. The van der Waals surface area contributed by atoms with Gasteiger partial charge in [-0.15, -0.1) is 16.9 Å². The molecular weight excluding hydrogens is 490 g/mol. The largest absolute Gasteiger partial charge is 0.494 e. The second-order valence-electron chi connectivity index (χ2n) is 8.88. The minimum absolute atomic E-state index is 0.0260. The quantitative estimate of drug-likeness (QED) is 0.337. The first-order valence-electron chi connectivity index (χ1n) is 11.7. The van der Waals surface area contributed by atoms with Gasteiger partial charge in [-0.25, -0.2) is 14.2 Å². The number of nitrogens with one attached hydrogen (secondary N) is 2. The molecule has 1 aromatic carbocycles. The first-order valence-corrected chi connectivity index (χ1v) is 12.7. The summed E-state index contributed by atoms with van der Waals surface area (Å²) >= 11 is 1.50. The molecule has 0 unspecified atom stereocenters. The lowest BCUT2D eigenvalue weighted by Crippen LogP contribution is -2.21. The summed E-state index contributed by atoms with van der Waals surface area (Å²) in [7, 11) is 5.68. The number of methoxy groups -OCH3 is 1. The predicted octanol–water partition coefficient (Wildman–Crippen LogP) is 3.16. The average molecular weight is 516 g/mol. The van der Waals surface area contributed by atoms with Crippen molar-refractivity contribution in [3.05, 3.63) is 49.1 Å². The summed E-state index contributed by atoms with van der Waals surface area (Å²) in [5.74, 6) is 1.67. The number of thioether (sulfide) groups is 1. The van der Waals surface area contributed by atoms with Crippen molar-refractivity contribution in [2.24, 2.45) is 0 Å². The number of pyridine rings is 1. The highest BCUT2D eigenvalue weighted by Gasteiger charge is 2.22. The topological polar surface area (TPSA) is 114 Å². The van der Waals surface area contributed by atoms with E-state index < -0.39 is 0 Å². The van der Waals surface area contributed by atoms with Gasteiger partial charge in [0.2, 0.25) is 5.91 Å². The molecule has 4 aromatic heterocycles. The molecule has 0 spiro atoms. The Morgan fingerprint density at radius 2 is 2.11 bits per heavy atom. The first-order chi connectivity index (χ1) is 18.0. The van der Waals surface area contributed by atoms with Crippen LogP contribution in [0.3, 0.4) is 0 Å². The van der Waals surface area contributed by atoms with Crippen molar-refractivity contribution in [2.75, 3.05) is 50.7 Å². The number of nitrogens with zero attached hydrogens (tertiary/aromatic N) is 7. The molecule has 0 saturated carbocycles. The Kier molecular flexibility index (Phi) is 5.89. The van der Waals surface area contributed by atoms with E-state index in [1.165, 1.54) is 11.8 Å². The fraction of sp³-hybridized carbons (Fsp3) is 0.240. The monoisotopic (exact) mass is 515 g/mol. The molecular formula is C25H25N9O2S. The van der Waals surface area contributed by atoms with E-state index in [1.54, 1.807) is 24.0 Å². The Hall–Kier alpha value is -4.16. The minimum atomic E-state index is -0.0260. The number of fused-ring (bicyclic) bond motifs is 3. The van der Waals surface area contributed by atoms with E-state index in [2.05, 4.69) is 25.6 Å². The lowest BCUT2D eigenvalue weighted by atomic mass is 10.2. The Bertz CT molecular complexity index is 1640. The third kappa shape index (κ3) is 4.23. The Morgan fingerprint density at radius 3 is 2.95 bits per heavy atom. The van der Waals surface area contributed by atoms with Gasteiger partial charge >= 0.3 is 0 Å². The molecule has 5 aromatic rings. The van der Waals surface area contributed by atoms with E-state index in [0.717, 1.165) is 63.0 Å². The maximum absolute atomic E-state index is 11.9. The zero-order valence-corrected chi connectivity index (χ0v) is 21.4. The van der Waals surface area contributed by atoms with Crippen molar-refractivity contribution in [3.8, 4) is 22.7 Å². The van der Waals surface area contributed by atoms with Gasteiger partial charge in [0.15, 0.2) is 11.5 Å². The molecule has 0 atom stereocenters. The van der Waals surface area contributed by atoms with Crippen molar-refractivity contribution in [1.29, 1.82) is 0 Å². The van der Waals surface area contributed by atoms with Crippen LogP contribution in [-0.4, -0.2) is 80.2 Å². The molecule has 37 heavy (non-hydrogen) atoms. The number of benzene rings is 1. The Morgan fingerprint density at radius 1 is 1.22 bits per heavy atom. The fourth-order valence-electron chi connectivity index (χ4n) is 4.30. The van der Waals surface area contributed by atoms with E-state index in [1.807, 2.05) is 55.4 Å². The van der Waals surface area contributed by atoms with Gasteiger partial charge in [-0.1, -0.05) is 0 Å². The molecule has 6 rings (SSSR count). The first kappa shape index (κ1) is 23.3. The maximum Gasteiger partial charge on any atom is 0.234 e. The van der Waals surface area contributed by atoms with Gasteiger partial charge in [-0.05, 0) is 32.3 Å². The van der Waals surface area contributed by atoms with Crippen LogP contribution >= 0.6 is 11.8 Å². The molecule has 12 heteroatoms. The molecule has 0 bridgehead atoms. The number of aromatic nitrogens is 6. The number of anilines is 2. The second kappa shape index (κ2) is 9.37. The Labute approximate surface area is 216 Å². The number of carbonyl (C=O) groups is 1. The third-order valence-electron chi connectivity index (χ3n) is 6.11. The number of ether oxygens (including phenoxy) is 1. The van der Waals surface area contributed by atoms with Crippen molar-refractivity contribution in [3.63, 3.8) is 0 Å². The van der Waals surface area contributed by atoms with Gasteiger partial charge < -0.3 is 20.3 Å². The highest BCUT2D eigenvalue weighted by atomic mass is 32.2. The number of rotatable bonds is 7. The lowest BCUT2D eigenvalue weighted by molar-refractivity contribution is -0.113. The number of amides is 1. The molecule has 0 fully saturated rings. The van der Waals surface area contributed by atoms with Crippen molar-refractivity contribution < 1.29 is 9.53 Å². The minimum Gasteiger partial charge on any atom is -0.494 e. The lowest BCUT2D eigenvalue weighted by Gasteiger charge is -2.19. The van der Waals surface area contributed by atoms with E-state index in [-0.39, 0.29) is 5.91 Å². The molecule has 1 amide bonds. The van der Waals surface area contributed by atoms with Crippen molar-refractivity contribution in [1.82, 2.24) is 34.3 Å². The predicted molar refractivity (Wildman–Crippen MR) is 144 cm³/mol. The van der Waals surface area contributed by atoms with Gasteiger partial charge in [0.25, 0.3) is 0 Å². The molecule has 0 saturated heterocycles. The van der Waals surface area contributed by atoms with Crippen molar-refractivity contribution in [2.45, 2.75) is 4.90 Å². The molecule has 11 nitrogen and oxygen atoms in total. The standard InChI is InChI=1S/C25H25N9O2S/c1-32(2)8-6-26-24-16-12-28-17(15-13-29-33-7-4-5-27-25(15)33)9-19(16)34(31-24)20-11-22-18(10-21(20)36-3)30-23(35)14-37-22/h4-5,7,9-13H,6,8,14H2,1-3H3,(H,26,31)(H,30,35). The summed E-state index contributed by atoms with van der Waals surface area (Å²) in [4.78, 5) is 24.2. The van der Waals surface area contributed by atoms with Crippen LogP contribution < -0.4 is 15.4 Å². The molecule has 2 N–H and O–H groups in total. The van der Waals surface area contributed by atoms with Crippen LogP contribution in [0.2, 0.25) is 0 Å². The number of likely N-dealkylation sites (N-methyl/N-ethyl adjacent to an activating group) is 1. The summed E-state index contributed by atoms with van der Waals surface area (Å²) in [5.41, 5.74) is 4.65. The zero-order chi connectivity index (χ0) is 25.5. The van der Waals surface area contributed by atoms with Gasteiger partial charge in [-0.3, -0.25) is 9.78 Å². The normalized spacial score (nSPS) is 13.2. The van der Waals surface area contributed by atoms with E-state index in [9.17, 15) is 4.79 Å². The number of hydrogen-bond acceptors (Lipinski definition) is 9. The Balaban J connectivity index is 1.53. The molecule has 1 aliphatic rings. The molecule has 0 radical (unpaired) electrons. The van der Waals surface area contributed by atoms with Gasteiger partial charge in [0, 0.05) is 42.6 Å². The highest BCUT2D eigenvalue weighted by molar-refractivity contribution is 8.00. The zero-order valence-electron chi connectivity index (χ0n) is 20.6. The maximum atomic E-state index is 11.9. The summed E-state index contributed by atoms with van der Waals surface area (Å²) in [6.07, 6.45) is 7.20. The average Bonchev–Trinajstić information content (AvgIpc) is 3.49.